The largest absolute Gasteiger partial charge is 0.408 e. The molecule has 1 aliphatic heterocycles. The minimum Gasteiger partial charge on any atom is -0.408 e. The number of aromatic nitrogens is 4. The summed E-state index contributed by atoms with van der Waals surface area (Å²) in [5.41, 5.74) is 0.215. The maximum atomic E-state index is 12.6. The summed E-state index contributed by atoms with van der Waals surface area (Å²) >= 11 is 0. The van der Waals surface area contributed by atoms with E-state index in [1.807, 2.05) is 4.90 Å². The molecule has 1 aliphatic carbocycles. The number of hydrogen-bond acceptors (Lipinski definition) is 7. The zero-order valence-corrected chi connectivity index (χ0v) is 14.1. The van der Waals surface area contributed by atoms with Gasteiger partial charge < -0.3 is 14.2 Å². The molecule has 132 valence electrons. The van der Waals surface area contributed by atoms with Gasteiger partial charge in [0.25, 0.3) is 5.91 Å². The number of hydrogen-bond donors (Lipinski definition) is 1. The van der Waals surface area contributed by atoms with Crippen molar-refractivity contribution in [1.82, 2.24) is 25.3 Å². The van der Waals surface area contributed by atoms with Crippen LogP contribution in [0.4, 0.5) is 6.01 Å². The summed E-state index contributed by atoms with van der Waals surface area (Å²) in [7, 11) is 0. The molecular weight excluding hydrogens is 324 g/mol. The van der Waals surface area contributed by atoms with Gasteiger partial charge in [0, 0.05) is 43.9 Å². The van der Waals surface area contributed by atoms with Gasteiger partial charge in [-0.2, -0.15) is 5.10 Å². The summed E-state index contributed by atoms with van der Waals surface area (Å²) in [5, 5.41) is 14.8. The lowest BCUT2D eigenvalue weighted by molar-refractivity contribution is 0.0758. The molecule has 2 fully saturated rings. The van der Waals surface area contributed by atoms with Crippen molar-refractivity contribution in [3.63, 3.8) is 0 Å². The van der Waals surface area contributed by atoms with Crippen LogP contribution in [0.2, 0.25) is 0 Å². The lowest BCUT2D eigenvalue weighted by Crippen LogP contribution is -2.38. The number of H-pyrrole nitrogens is 1. The van der Waals surface area contributed by atoms with E-state index in [9.17, 15) is 9.59 Å². The lowest BCUT2D eigenvalue weighted by atomic mass is 10.3. The van der Waals surface area contributed by atoms with Gasteiger partial charge in [-0.1, -0.05) is 5.10 Å². The van der Waals surface area contributed by atoms with Crippen molar-refractivity contribution in [2.45, 2.75) is 32.1 Å². The second-order valence-corrected chi connectivity index (χ2v) is 6.59. The van der Waals surface area contributed by atoms with E-state index < -0.39 is 0 Å². The van der Waals surface area contributed by atoms with Gasteiger partial charge in [-0.3, -0.25) is 14.7 Å². The first-order valence-corrected chi connectivity index (χ1v) is 8.56. The number of aromatic amines is 1. The molecule has 9 heteroatoms. The summed E-state index contributed by atoms with van der Waals surface area (Å²) in [6, 6.07) is 1.91. The molecule has 1 N–H and O–H groups in total. The molecule has 4 rings (SSSR count). The molecule has 0 bridgehead atoms. The third-order valence-electron chi connectivity index (χ3n) is 4.54. The average Bonchev–Trinajstić information content (AvgIpc) is 3.37. The summed E-state index contributed by atoms with van der Waals surface area (Å²) in [6.07, 6.45) is 2.99. The minimum absolute atomic E-state index is 0.0622. The Morgan fingerprint density at radius 1 is 1.24 bits per heavy atom. The Hall–Kier alpha value is -2.71. The molecule has 25 heavy (non-hydrogen) atoms. The predicted octanol–water partition coefficient (Wildman–Crippen LogP) is 0.691. The Labute approximate surface area is 144 Å². The SMILES string of the molecule is Cc1cc(=O)c(C(=O)N2CCCN(c3nnc(C4CC4)o3)CC2)n[nH]1. The number of aryl methyl sites for hydroxylation is 1. The highest BCUT2D eigenvalue weighted by molar-refractivity contribution is 5.92. The van der Waals surface area contributed by atoms with Crippen LogP contribution in [-0.4, -0.2) is 57.4 Å². The van der Waals surface area contributed by atoms with Crippen molar-refractivity contribution in [3.05, 3.63) is 33.6 Å². The van der Waals surface area contributed by atoms with Crippen LogP contribution < -0.4 is 10.3 Å². The van der Waals surface area contributed by atoms with E-state index in [2.05, 4.69) is 20.4 Å². The van der Waals surface area contributed by atoms with Crippen molar-refractivity contribution >= 4 is 11.9 Å². The molecule has 1 amide bonds. The van der Waals surface area contributed by atoms with E-state index >= 15 is 0 Å². The first kappa shape index (κ1) is 15.8. The van der Waals surface area contributed by atoms with Crippen LogP contribution in [0.5, 0.6) is 0 Å². The van der Waals surface area contributed by atoms with Crippen LogP contribution in [0.25, 0.3) is 0 Å². The van der Waals surface area contributed by atoms with E-state index in [4.69, 9.17) is 4.42 Å². The van der Waals surface area contributed by atoms with Crippen LogP contribution in [0.1, 0.15) is 47.3 Å². The van der Waals surface area contributed by atoms with E-state index in [-0.39, 0.29) is 17.0 Å². The zero-order valence-electron chi connectivity index (χ0n) is 14.1. The Bertz CT molecular complexity index is 840. The topological polar surface area (TPSA) is 108 Å². The molecule has 2 aliphatic rings. The summed E-state index contributed by atoms with van der Waals surface area (Å²) in [6.45, 7) is 4.09. The first-order valence-electron chi connectivity index (χ1n) is 8.56. The van der Waals surface area contributed by atoms with Crippen molar-refractivity contribution in [3.8, 4) is 0 Å². The van der Waals surface area contributed by atoms with E-state index in [0.29, 0.717) is 43.2 Å². The molecule has 2 aromatic heterocycles. The van der Waals surface area contributed by atoms with Crippen LogP contribution in [0, 0.1) is 6.92 Å². The van der Waals surface area contributed by atoms with E-state index in [1.54, 1.807) is 11.8 Å². The van der Waals surface area contributed by atoms with Crippen LogP contribution >= 0.6 is 0 Å². The molecule has 0 aromatic carbocycles. The van der Waals surface area contributed by atoms with Crippen LogP contribution in [-0.2, 0) is 0 Å². The van der Waals surface area contributed by atoms with Gasteiger partial charge in [-0.05, 0) is 26.2 Å². The van der Waals surface area contributed by atoms with Gasteiger partial charge in [-0.15, -0.1) is 5.10 Å². The molecule has 2 aromatic rings. The Morgan fingerprint density at radius 2 is 2.08 bits per heavy atom. The third-order valence-corrected chi connectivity index (χ3v) is 4.54. The number of rotatable bonds is 3. The van der Waals surface area contributed by atoms with Gasteiger partial charge in [0.2, 0.25) is 11.3 Å². The molecular formula is C16H20N6O3. The Balaban J connectivity index is 1.45. The van der Waals surface area contributed by atoms with Gasteiger partial charge in [0.15, 0.2) is 5.69 Å². The number of amides is 1. The van der Waals surface area contributed by atoms with Crippen molar-refractivity contribution in [2.24, 2.45) is 0 Å². The number of nitrogens with one attached hydrogen (secondary N) is 1. The molecule has 0 unspecified atom stereocenters. The highest BCUT2D eigenvalue weighted by Crippen LogP contribution is 2.39. The molecule has 1 saturated carbocycles. The summed E-state index contributed by atoms with van der Waals surface area (Å²) in [4.78, 5) is 28.3. The highest BCUT2D eigenvalue weighted by Gasteiger charge is 2.31. The lowest BCUT2D eigenvalue weighted by Gasteiger charge is -2.20. The monoisotopic (exact) mass is 344 g/mol. The maximum absolute atomic E-state index is 12.6. The smallest absolute Gasteiger partial charge is 0.318 e. The van der Waals surface area contributed by atoms with Crippen molar-refractivity contribution in [1.29, 1.82) is 0 Å². The molecule has 9 nitrogen and oxygen atoms in total. The van der Waals surface area contributed by atoms with Crippen LogP contribution in [0.3, 0.4) is 0 Å². The first-order chi connectivity index (χ1) is 12.1. The van der Waals surface area contributed by atoms with Gasteiger partial charge >= 0.3 is 6.01 Å². The number of nitrogens with zero attached hydrogens (tertiary/aromatic N) is 5. The molecule has 0 atom stereocenters. The Kier molecular flexibility index (Phi) is 3.98. The molecule has 0 spiro atoms. The third kappa shape index (κ3) is 3.26. The number of anilines is 1. The molecule has 0 radical (unpaired) electrons. The molecule has 3 heterocycles. The average molecular weight is 344 g/mol. The second-order valence-electron chi connectivity index (χ2n) is 6.59. The van der Waals surface area contributed by atoms with Crippen molar-refractivity contribution in [2.75, 3.05) is 31.1 Å². The number of carbonyl (C=O) groups is 1. The van der Waals surface area contributed by atoms with E-state index in [0.717, 1.165) is 25.8 Å². The normalized spacial score (nSPS) is 18.3. The summed E-state index contributed by atoms with van der Waals surface area (Å²) in [5.74, 6) is 0.792. The second kappa shape index (κ2) is 6.30. The maximum Gasteiger partial charge on any atom is 0.318 e. The summed E-state index contributed by atoms with van der Waals surface area (Å²) < 4.78 is 5.75. The quantitative estimate of drug-likeness (QED) is 0.872. The predicted molar refractivity (Wildman–Crippen MR) is 88.6 cm³/mol. The fourth-order valence-electron chi connectivity index (χ4n) is 2.96. The highest BCUT2D eigenvalue weighted by atomic mass is 16.4. The van der Waals surface area contributed by atoms with Crippen LogP contribution in [0.15, 0.2) is 15.3 Å². The number of carbonyl (C=O) groups excluding carboxylic acids is 1. The van der Waals surface area contributed by atoms with E-state index in [1.165, 1.54) is 6.07 Å². The molecule has 1 saturated heterocycles. The van der Waals surface area contributed by atoms with Gasteiger partial charge in [0.05, 0.1) is 0 Å². The minimum atomic E-state index is -0.353. The fraction of sp³-hybridized carbons (Fsp3) is 0.562. The van der Waals surface area contributed by atoms with Gasteiger partial charge in [0.1, 0.15) is 0 Å². The zero-order chi connectivity index (χ0) is 17.4. The van der Waals surface area contributed by atoms with Gasteiger partial charge in [-0.25, -0.2) is 0 Å². The Morgan fingerprint density at radius 3 is 2.84 bits per heavy atom. The fourth-order valence-corrected chi connectivity index (χ4v) is 2.96. The standard InChI is InChI=1S/C16H20N6O3/c1-10-9-12(23)13(18-17-10)15(24)21-5-2-6-22(8-7-21)16-20-19-14(25-16)11-3-4-11/h9,11H,2-8H2,1H3,(H,17,23). The van der Waals surface area contributed by atoms with Crippen molar-refractivity contribution < 1.29 is 9.21 Å².